The summed E-state index contributed by atoms with van der Waals surface area (Å²) in [6.45, 7) is 7.66. The number of nitrogens with zero attached hydrogens (tertiary/aromatic N) is 2. The zero-order valence-electron chi connectivity index (χ0n) is 14.7. The van der Waals surface area contributed by atoms with E-state index in [1.165, 1.54) is 5.69 Å². The van der Waals surface area contributed by atoms with Gasteiger partial charge in [0.25, 0.3) is 0 Å². The van der Waals surface area contributed by atoms with E-state index in [0.717, 1.165) is 32.5 Å². The van der Waals surface area contributed by atoms with E-state index in [9.17, 15) is 4.79 Å². The van der Waals surface area contributed by atoms with Gasteiger partial charge in [-0.15, -0.1) is 0 Å². The minimum absolute atomic E-state index is 0.0358. The summed E-state index contributed by atoms with van der Waals surface area (Å²) < 4.78 is 0. The molecule has 0 saturated carbocycles. The van der Waals surface area contributed by atoms with E-state index in [-0.39, 0.29) is 12.5 Å². The van der Waals surface area contributed by atoms with Crippen LogP contribution in [0.1, 0.15) is 26.7 Å². The normalized spacial score (nSPS) is 17.7. The molecule has 0 radical (unpaired) electrons. The monoisotopic (exact) mass is 331 g/mol. The number of carbonyl (C=O) groups excluding carboxylic acids is 1. The molecular weight excluding hydrogens is 302 g/mol. The lowest BCUT2D eigenvalue weighted by Crippen LogP contribution is -2.45. The van der Waals surface area contributed by atoms with Gasteiger partial charge < -0.3 is 20.9 Å². The number of hydrogen-bond acceptors (Lipinski definition) is 3. The zero-order valence-corrected chi connectivity index (χ0v) is 14.7. The van der Waals surface area contributed by atoms with Crippen molar-refractivity contribution in [1.82, 2.24) is 16.0 Å². The maximum Gasteiger partial charge on any atom is 0.241 e. The standard InChI is InChI=1S/C18H29N5O/c1-3-11-20-17(24)13-21-18(19-4-2)22-15-10-12-23(14-15)16-8-6-5-7-9-16/h5-9,15H,3-4,10-14H2,1-2H3,(H,20,24)(H2,19,21,22). The van der Waals surface area contributed by atoms with Crippen LogP contribution in [0.3, 0.4) is 0 Å². The Morgan fingerprint density at radius 3 is 2.75 bits per heavy atom. The van der Waals surface area contributed by atoms with E-state index in [1.54, 1.807) is 0 Å². The molecule has 1 aromatic rings. The molecule has 24 heavy (non-hydrogen) atoms. The van der Waals surface area contributed by atoms with Crippen LogP contribution in [0.4, 0.5) is 5.69 Å². The van der Waals surface area contributed by atoms with Gasteiger partial charge in [0.15, 0.2) is 5.96 Å². The Bertz CT molecular complexity index is 531. The van der Waals surface area contributed by atoms with E-state index in [0.29, 0.717) is 18.5 Å². The van der Waals surface area contributed by atoms with E-state index in [2.05, 4.69) is 50.1 Å². The Morgan fingerprint density at radius 1 is 1.25 bits per heavy atom. The molecule has 1 fully saturated rings. The molecule has 0 bridgehead atoms. The Balaban J connectivity index is 1.85. The first-order valence-corrected chi connectivity index (χ1v) is 8.84. The highest BCUT2D eigenvalue weighted by atomic mass is 16.1. The second kappa shape index (κ2) is 9.80. The molecule has 6 nitrogen and oxygen atoms in total. The van der Waals surface area contributed by atoms with Gasteiger partial charge in [0.05, 0.1) is 0 Å². The minimum atomic E-state index is -0.0358. The number of anilines is 1. The SMILES string of the molecule is CCCNC(=O)CN=C(NCC)NC1CCN(c2ccccc2)C1. The molecule has 0 aromatic heterocycles. The number of benzene rings is 1. The third kappa shape index (κ3) is 5.76. The summed E-state index contributed by atoms with van der Waals surface area (Å²) in [5.41, 5.74) is 1.25. The molecule has 2 rings (SSSR count). The first-order valence-electron chi connectivity index (χ1n) is 8.84. The van der Waals surface area contributed by atoms with E-state index >= 15 is 0 Å². The highest BCUT2D eigenvalue weighted by molar-refractivity contribution is 5.85. The quantitative estimate of drug-likeness (QED) is 0.521. The third-order valence-electron chi connectivity index (χ3n) is 3.95. The van der Waals surface area contributed by atoms with Crippen LogP contribution in [-0.4, -0.2) is 50.6 Å². The van der Waals surface area contributed by atoms with E-state index < -0.39 is 0 Å². The van der Waals surface area contributed by atoms with Crippen molar-refractivity contribution in [3.8, 4) is 0 Å². The molecule has 1 heterocycles. The van der Waals surface area contributed by atoms with Crippen LogP contribution in [0.15, 0.2) is 35.3 Å². The summed E-state index contributed by atoms with van der Waals surface area (Å²) >= 11 is 0. The number of hydrogen-bond donors (Lipinski definition) is 3. The average Bonchev–Trinajstić information content (AvgIpc) is 3.07. The van der Waals surface area contributed by atoms with Gasteiger partial charge in [-0.05, 0) is 31.9 Å². The van der Waals surface area contributed by atoms with Gasteiger partial charge in [-0.25, -0.2) is 4.99 Å². The summed E-state index contributed by atoms with van der Waals surface area (Å²) in [4.78, 5) is 18.5. The van der Waals surface area contributed by atoms with Crippen molar-refractivity contribution >= 4 is 17.6 Å². The van der Waals surface area contributed by atoms with Crippen molar-refractivity contribution in [1.29, 1.82) is 0 Å². The number of para-hydroxylation sites is 1. The smallest absolute Gasteiger partial charge is 0.241 e. The van der Waals surface area contributed by atoms with E-state index in [1.807, 2.05) is 19.9 Å². The number of aliphatic imine (C=N–C) groups is 1. The number of rotatable bonds is 7. The van der Waals surface area contributed by atoms with Gasteiger partial charge in [-0.2, -0.15) is 0 Å². The number of nitrogens with one attached hydrogen (secondary N) is 3. The molecule has 1 amide bonds. The third-order valence-corrected chi connectivity index (χ3v) is 3.95. The zero-order chi connectivity index (χ0) is 17.2. The second-order valence-electron chi connectivity index (χ2n) is 5.96. The van der Waals surface area contributed by atoms with Crippen molar-refractivity contribution in [2.24, 2.45) is 4.99 Å². The van der Waals surface area contributed by atoms with Crippen LogP contribution in [0.25, 0.3) is 0 Å². The van der Waals surface area contributed by atoms with Crippen LogP contribution in [-0.2, 0) is 4.79 Å². The Morgan fingerprint density at radius 2 is 2.04 bits per heavy atom. The molecule has 1 saturated heterocycles. The first-order chi connectivity index (χ1) is 11.7. The fraction of sp³-hybridized carbons (Fsp3) is 0.556. The van der Waals surface area contributed by atoms with Crippen molar-refractivity contribution in [3.05, 3.63) is 30.3 Å². The summed E-state index contributed by atoms with van der Waals surface area (Å²) in [6, 6.07) is 10.8. The van der Waals surface area contributed by atoms with Gasteiger partial charge in [-0.1, -0.05) is 25.1 Å². The van der Waals surface area contributed by atoms with Crippen LogP contribution in [0.5, 0.6) is 0 Å². The van der Waals surface area contributed by atoms with Gasteiger partial charge in [0, 0.05) is 37.9 Å². The maximum absolute atomic E-state index is 11.7. The lowest BCUT2D eigenvalue weighted by atomic mass is 10.3. The van der Waals surface area contributed by atoms with Gasteiger partial charge in [0.2, 0.25) is 5.91 Å². The molecular formula is C18H29N5O. The van der Waals surface area contributed by atoms with Crippen LogP contribution in [0.2, 0.25) is 0 Å². The Kier molecular flexibility index (Phi) is 7.39. The second-order valence-corrected chi connectivity index (χ2v) is 5.96. The summed E-state index contributed by atoms with van der Waals surface area (Å²) in [6.07, 6.45) is 1.99. The largest absolute Gasteiger partial charge is 0.369 e. The predicted octanol–water partition coefficient (Wildman–Crippen LogP) is 1.35. The van der Waals surface area contributed by atoms with Crippen LogP contribution >= 0.6 is 0 Å². The minimum Gasteiger partial charge on any atom is -0.369 e. The summed E-state index contributed by atoms with van der Waals surface area (Å²) in [5, 5.41) is 9.50. The topological polar surface area (TPSA) is 68.8 Å². The van der Waals surface area contributed by atoms with Crippen molar-refractivity contribution < 1.29 is 4.79 Å². The summed E-state index contributed by atoms with van der Waals surface area (Å²) in [5.74, 6) is 0.676. The summed E-state index contributed by atoms with van der Waals surface area (Å²) in [7, 11) is 0. The average molecular weight is 331 g/mol. The van der Waals surface area contributed by atoms with Crippen LogP contribution < -0.4 is 20.9 Å². The Labute approximate surface area is 144 Å². The first kappa shape index (κ1) is 18.1. The maximum atomic E-state index is 11.7. The van der Waals surface area contributed by atoms with Crippen molar-refractivity contribution in [2.75, 3.05) is 37.6 Å². The molecule has 0 aliphatic carbocycles. The highest BCUT2D eigenvalue weighted by Gasteiger charge is 2.23. The molecule has 1 aliphatic heterocycles. The van der Waals surface area contributed by atoms with Gasteiger partial charge in [-0.3, -0.25) is 4.79 Å². The Hall–Kier alpha value is -2.24. The van der Waals surface area contributed by atoms with Gasteiger partial charge >= 0.3 is 0 Å². The fourth-order valence-electron chi connectivity index (χ4n) is 2.74. The number of carbonyl (C=O) groups is 1. The van der Waals surface area contributed by atoms with Crippen molar-refractivity contribution in [2.45, 2.75) is 32.7 Å². The number of guanidine groups is 1. The molecule has 0 spiro atoms. The highest BCUT2D eigenvalue weighted by Crippen LogP contribution is 2.19. The molecule has 1 aliphatic rings. The molecule has 132 valence electrons. The van der Waals surface area contributed by atoms with Crippen LogP contribution in [0, 0.1) is 0 Å². The molecule has 1 atom stereocenters. The lowest BCUT2D eigenvalue weighted by molar-refractivity contribution is -0.119. The molecule has 3 N–H and O–H groups in total. The lowest BCUT2D eigenvalue weighted by Gasteiger charge is -2.20. The van der Waals surface area contributed by atoms with Gasteiger partial charge in [0.1, 0.15) is 6.54 Å². The predicted molar refractivity (Wildman–Crippen MR) is 99.5 cm³/mol. The van der Waals surface area contributed by atoms with E-state index in [4.69, 9.17) is 0 Å². The van der Waals surface area contributed by atoms with Crippen molar-refractivity contribution in [3.63, 3.8) is 0 Å². The molecule has 6 heteroatoms. The number of amides is 1. The fourth-order valence-corrected chi connectivity index (χ4v) is 2.74. The molecule has 1 unspecified atom stereocenters. The molecule has 1 aromatic carbocycles.